The fourth-order valence-corrected chi connectivity index (χ4v) is 2.25. The van der Waals surface area contributed by atoms with Crippen LogP contribution in [0, 0.1) is 5.92 Å². The van der Waals surface area contributed by atoms with Crippen molar-refractivity contribution in [2.24, 2.45) is 5.92 Å². The molecule has 0 atom stereocenters. The maximum Gasteiger partial charge on any atom is 0.306 e. The summed E-state index contributed by atoms with van der Waals surface area (Å²) in [5.74, 6) is -0.771. The van der Waals surface area contributed by atoms with Crippen molar-refractivity contribution in [2.75, 3.05) is 5.32 Å². The fourth-order valence-electron chi connectivity index (χ4n) is 2.25. The summed E-state index contributed by atoms with van der Waals surface area (Å²) in [7, 11) is 0. The number of para-hydroxylation sites is 1. The van der Waals surface area contributed by atoms with Gasteiger partial charge in [-0.3, -0.25) is 4.79 Å². The van der Waals surface area contributed by atoms with Gasteiger partial charge in [0.15, 0.2) is 0 Å². The third-order valence-electron chi connectivity index (χ3n) is 3.22. The Kier molecular flexibility index (Phi) is 5.29. The van der Waals surface area contributed by atoms with Gasteiger partial charge < -0.3 is 10.4 Å². The molecular weight excluding hydrogens is 238 g/mol. The van der Waals surface area contributed by atoms with E-state index in [9.17, 15) is 4.79 Å². The van der Waals surface area contributed by atoms with E-state index in [2.05, 4.69) is 5.32 Å². The highest BCUT2D eigenvalue weighted by Gasteiger charge is 2.25. The zero-order valence-corrected chi connectivity index (χ0v) is 10.5. The van der Waals surface area contributed by atoms with Crippen molar-refractivity contribution in [3.63, 3.8) is 0 Å². The second-order valence-electron chi connectivity index (χ2n) is 4.40. The Bertz CT molecular complexity index is 348. The third kappa shape index (κ3) is 3.93. The first-order valence-corrected chi connectivity index (χ1v) is 5.80. The molecule has 0 saturated heterocycles. The van der Waals surface area contributed by atoms with E-state index in [1.165, 1.54) is 0 Å². The first kappa shape index (κ1) is 13.8. The molecule has 0 spiro atoms. The van der Waals surface area contributed by atoms with E-state index in [1.807, 2.05) is 30.3 Å². The van der Waals surface area contributed by atoms with Gasteiger partial charge in [0.25, 0.3) is 0 Å². The summed E-state index contributed by atoms with van der Waals surface area (Å²) in [6.45, 7) is 0. The van der Waals surface area contributed by atoms with Crippen LogP contribution in [0.1, 0.15) is 25.7 Å². The number of anilines is 1. The second kappa shape index (κ2) is 6.50. The van der Waals surface area contributed by atoms with Gasteiger partial charge >= 0.3 is 5.97 Å². The van der Waals surface area contributed by atoms with Crippen LogP contribution in [-0.2, 0) is 4.79 Å². The second-order valence-corrected chi connectivity index (χ2v) is 4.40. The molecule has 0 radical (unpaired) electrons. The number of carboxylic acids is 1. The van der Waals surface area contributed by atoms with Gasteiger partial charge in [0.2, 0.25) is 0 Å². The Morgan fingerprint density at radius 1 is 1.12 bits per heavy atom. The minimum atomic E-state index is -0.641. The molecule has 2 N–H and O–H groups in total. The monoisotopic (exact) mass is 255 g/mol. The Hall–Kier alpha value is -1.22. The van der Waals surface area contributed by atoms with Gasteiger partial charge in [-0.1, -0.05) is 18.2 Å². The average Bonchev–Trinajstić information content (AvgIpc) is 2.31. The molecule has 94 valence electrons. The van der Waals surface area contributed by atoms with Crippen molar-refractivity contribution < 1.29 is 9.90 Å². The van der Waals surface area contributed by atoms with Crippen LogP contribution in [0.5, 0.6) is 0 Å². The Morgan fingerprint density at radius 2 is 1.71 bits per heavy atom. The molecule has 0 heterocycles. The lowest BCUT2D eigenvalue weighted by molar-refractivity contribution is -0.142. The van der Waals surface area contributed by atoms with Gasteiger partial charge in [0.05, 0.1) is 5.92 Å². The molecule has 1 saturated carbocycles. The number of aliphatic carboxylic acids is 1. The Morgan fingerprint density at radius 3 is 2.24 bits per heavy atom. The van der Waals surface area contributed by atoms with E-state index in [1.54, 1.807) is 0 Å². The standard InChI is InChI=1S/C13H17NO2.ClH/c15-13(16)10-6-8-12(9-7-10)14-11-4-2-1-3-5-11;/h1-5,10,12,14H,6-9H2,(H,15,16);1H/t10-,12+;. The lowest BCUT2D eigenvalue weighted by Gasteiger charge is -2.27. The summed E-state index contributed by atoms with van der Waals surface area (Å²) in [5.41, 5.74) is 1.13. The highest BCUT2D eigenvalue weighted by molar-refractivity contribution is 5.85. The number of nitrogens with one attached hydrogen (secondary N) is 1. The molecule has 0 aliphatic heterocycles. The van der Waals surface area contributed by atoms with Crippen molar-refractivity contribution in [1.29, 1.82) is 0 Å². The van der Waals surface area contributed by atoms with Gasteiger partial charge in [-0.05, 0) is 37.8 Å². The molecule has 0 aromatic heterocycles. The zero-order valence-electron chi connectivity index (χ0n) is 9.63. The molecule has 0 unspecified atom stereocenters. The van der Waals surface area contributed by atoms with Crippen molar-refractivity contribution in [2.45, 2.75) is 31.7 Å². The van der Waals surface area contributed by atoms with E-state index < -0.39 is 5.97 Å². The van der Waals surface area contributed by atoms with E-state index >= 15 is 0 Å². The van der Waals surface area contributed by atoms with E-state index in [0.29, 0.717) is 6.04 Å². The van der Waals surface area contributed by atoms with Crippen LogP contribution in [0.3, 0.4) is 0 Å². The number of carbonyl (C=O) groups is 1. The Labute approximate surface area is 108 Å². The number of carboxylic acid groups (broad SMARTS) is 1. The minimum absolute atomic E-state index is 0. The van der Waals surface area contributed by atoms with Crippen LogP contribution in [0.15, 0.2) is 30.3 Å². The SMILES string of the molecule is Cl.O=C(O)[C@H]1CC[C@@H](Nc2ccccc2)CC1. The lowest BCUT2D eigenvalue weighted by atomic mass is 9.86. The molecule has 0 amide bonds. The molecule has 2 rings (SSSR count). The topological polar surface area (TPSA) is 49.3 Å². The summed E-state index contributed by atoms with van der Waals surface area (Å²) in [5, 5.41) is 12.3. The number of halogens is 1. The highest BCUT2D eigenvalue weighted by Crippen LogP contribution is 2.26. The lowest BCUT2D eigenvalue weighted by Crippen LogP contribution is -2.29. The average molecular weight is 256 g/mol. The van der Waals surface area contributed by atoms with Crippen LogP contribution >= 0.6 is 12.4 Å². The molecule has 3 nitrogen and oxygen atoms in total. The molecular formula is C13H18ClNO2. The first-order chi connectivity index (χ1) is 7.75. The van der Waals surface area contributed by atoms with E-state index in [0.717, 1.165) is 31.4 Å². The normalized spacial score (nSPS) is 23.5. The van der Waals surface area contributed by atoms with Gasteiger partial charge in [-0.15, -0.1) is 12.4 Å². The summed E-state index contributed by atoms with van der Waals surface area (Å²) < 4.78 is 0. The molecule has 17 heavy (non-hydrogen) atoms. The maximum absolute atomic E-state index is 10.8. The van der Waals surface area contributed by atoms with Crippen LogP contribution < -0.4 is 5.32 Å². The predicted molar refractivity (Wildman–Crippen MR) is 70.7 cm³/mol. The number of hydrogen-bond acceptors (Lipinski definition) is 2. The molecule has 1 aromatic rings. The quantitative estimate of drug-likeness (QED) is 0.872. The number of benzene rings is 1. The van der Waals surface area contributed by atoms with Crippen LogP contribution in [0.2, 0.25) is 0 Å². The fraction of sp³-hybridized carbons (Fsp3) is 0.462. The first-order valence-electron chi connectivity index (χ1n) is 5.80. The molecule has 1 aliphatic carbocycles. The Balaban J connectivity index is 0.00000144. The minimum Gasteiger partial charge on any atom is -0.481 e. The van der Waals surface area contributed by atoms with Gasteiger partial charge in [-0.2, -0.15) is 0 Å². The van der Waals surface area contributed by atoms with E-state index in [-0.39, 0.29) is 18.3 Å². The van der Waals surface area contributed by atoms with Crippen molar-refractivity contribution >= 4 is 24.1 Å². The number of rotatable bonds is 3. The summed E-state index contributed by atoms with van der Waals surface area (Å²) in [4.78, 5) is 10.8. The van der Waals surface area contributed by atoms with Gasteiger partial charge in [0.1, 0.15) is 0 Å². The van der Waals surface area contributed by atoms with Crippen molar-refractivity contribution in [1.82, 2.24) is 0 Å². The maximum atomic E-state index is 10.8. The summed E-state index contributed by atoms with van der Waals surface area (Å²) >= 11 is 0. The molecule has 1 aromatic carbocycles. The van der Waals surface area contributed by atoms with Crippen molar-refractivity contribution in [3.8, 4) is 0 Å². The van der Waals surface area contributed by atoms with E-state index in [4.69, 9.17) is 5.11 Å². The van der Waals surface area contributed by atoms with Crippen LogP contribution in [0.4, 0.5) is 5.69 Å². The molecule has 1 fully saturated rings. The van der Waals surface area contributed by atoms with Gasteiger partial charge in [0, 0.05) is 11.7 Å². The zero-order chi connectivity index (χ0) is 11.4. The highest BCUT2D eigenvalue weighted by atomic mass is 35.5. The number of hydrogen-bond donors (Lipinski definition) is 2. The summed E-state index contributed by atoms with van der Waals surface area (Å²) in [6.07, 6.45) is 3.48. The van der Waals surface area contributed by atoms with Crippen molar-refractivity contribution in [3.05, 3.63) is 30.3 Å². The molecule has 0 bridgehead atoms. The predicted octanol–water partition coefficient (Wildman–Crippen LogP) is 3.16. The van der Waals surface area contributed by atoms with Gasteiger partial charge in [-0.25, -0.2) is 0 Å². The third-order valence-corrected chi connectivity index (χ3v) is 3.22. The van der Waals surface area contributed by atoms with Crippen LogP contribution in [-0.4, -0.2) is 17.1 Å². The van der Waals surface area contributed by atoms with Crippen LogP contribution in [0.25, 0.3) is 0 Å². The largest absolute Gasteiger partial charge is 0.481 e. The summed E-state index contributed by atoms with van der Waals surface area (Å²) in [6, 6.07) is 10.5. The smallest absolute Gasteiger partial charge is 0.306 e. The molecule has 1 aliphatic rings. The molecule has 4 heteroatoms.